The molecule has 10 heteroatoms. The Morgan fingerprint density at radius 1 is 1.03 bits per heavy atom. The summed E-state index contributed by atoms with van der Waals surface area (Å²) in [5, 5.41) is 2.79. The molecule has 2 fully saturated rings. The molecule has 0 bridgehead atoms. The van der Waals surface area contributed by atoms with Crippen molar-refractivity contribution in [3.8, 4) is 11.5 Å². The van der Waals surface area contributed by atoms with Crippen molar-refractivity contribution in [1.82, 2.24) is 4.31 Å². The first-order valence-corrected chi connectivity index (χ1v) is 12.2. The van der Waals surface area contributed by atoms with Crippen LogP contribution in [-0.2, 0) is 19.6 Å². The van der Waals surface area contributed by atoms with Crippen LogP contribution in [0.4, 0.5) is 11.4 Å². The number of amides is 2. The Morgan fingerprint density at radius 2 is 1.73 bits per heavy atom. The first-order valence-electron chi connectivity index (χ1n) is 10.8. The fourth-order valence-electron chi connectivity index (χ4n) is 4.16. The van der Waals surface area contributed by atoms with Gasteiger partial charge in [-0.25, -0.2) is 8.42 Å². The van der Waals surface area contributed by atoms with Crippen molar-refractivity contribution in [3.05, 3.63) is 42.5 Å². The van der Waals surface area contributed by atoms with Crippen molar-refractivity contribution in [1.29, 1.82) is 0 Å². The van der Waals surface area contributed by atoms with Crippen LogP contribution in [-0.4, -0.2) is 58.4 Å². The molecule has 33 heavy (non-hydrogen) atoms. The van der Waals surface area contributed by atoms with Gasteiger partial charge in [0.05, 0.1) is 30.7 Å². The van der Waals surface area contributed by atoms with Gasteiger partial charge in [-0.15, -0.1) is 0 Å². The highest BCUT2D eigenvalue weighted by Crippen LogP contribution is 2.36. The summed E-state index contributed by atoms with van der Waals surface area (Å²) in [6.07, 6.45) is 1.80. The molecular formula is C23H27N3O6S. The van der Waals surface area contributed by atoms with E-state index in [2.05, 4.69) is 5.32 Å². The summed E-state index contributed by atoms with van der Waals surface area (Å²) in [6.45, 7) is 1.27. The van der Waals surface area contributed by atoms with E-state index in [-0.39, 0.29) is 29.7 Å². The molecule has 9 nitrogen and oxygen atoms in total. The Morgan fingerprint density at radius 3 is 2.36 bits per heavy atom. The maximum atomic E-state index is 12.8. The molecule has 0 radical (unpaired) electrons. The molecular weight excluding hydrogens is 446 g/mol. The number of nitrogens with one attached hydrogen (secondary N) is 1. The van der Waals surface area contributed by atoms with Gasteiger partial charge in [-0.05, 0) is 49.2 Å². The van der Waals surface area contributed by atoms with Crippen LogP contribution in [0.2, 0.25) is 0 Å². The lowest BCUT2D eigenvalue weighted by Gasteiger charge is -2.20. The predicted octanol–water partition coefficient (Wildman–Crippen LogP) is 2.48. The first kappa shape index (κ1) is 23.1. The van der Waals surface area contributed by atoms with Crippen LogP contribution < -0.4 is 19.7 Å². The van der Waals surface area contributed by atoms with Gasteiger partial charge in [-0.3, -0.25) is 9.59 Å². The van der Waals surface area contributed by atoms with Gasteiger partial charge in [0.15, 0.2) is 0 Å². The average Bonchev–Trinajstić information content (AvgIpc) is 3.49. The molecule has 0 saturated carbocycles. The van der Waals surface area contributed by atoms with E-state index in [1.54, 1.807) is 30.3 Å². The summed E-state index contributed by atoms with van der Waals surface area (Å²) < 4.78 is 37.4. The number of carbonyl (C=O) groups is 2. The summed E-state index contributed by atoms with van der Waals surface area (Å²) in [4.78, 5) is 27.2. The van der Waals surface area contributed by atoms with Crippen LogP contribution in [0, 0.1) is 5.92 Å². The Kier molecular flexibility index (Phi) is 6.57. The summed E-state index contributed by atoms with van der Waals surface area (Å²) in [5.74, 6) is 0.0496. The van der Waals surface area contributed by atoms with E-state index in [1.165, 1.54) is 35.6 Å². The maximum absolute atomic E-state index is 12.8. The smallest absolute Gasteiger partial charge is 0.243 e. The molecule has 0 aliphatic carbocycles. The maximum Gasteiger partial charge on any atom is 0.243 e. The second-order valence-electron chi connectivity index (χ2n) is 8.07. The lowest BCUT2D eigenvalue weighted by Crippen LogP contribution is -2.28. The third-order valence-electron chi connectivity index (χ3n) is 6.00. The minimum atomic E-state index is -3.51. The number of carbonyl (C=O) groups excluding carboxylic acids is 2. The SMILES string of the molecule is COc1ccc(OC)c(N2CC(C(=O)Nc3ccc(S(=O)(=O)N4CCCC4)cc3)CC2=O)c1. The van der Waals surface area contributed by atoms with Gasteiger partial charge in [0.1, 0.15) is 11.5 Å². The van der Waals surface area contributed by atoms with Crippen LogP contribution in [0.15, 0.2) is 47.4 Å². The topological polar surface area (TPSA) is 105 Å². The van der Waals surface area contributed by atoms with E-state index in [0.29, 0.717) is 36.0 Å². The summed E-state index contributed by atoms with van der Waals surface area (Å²) in [6, 6.07) is 11.3. The minimum absolute atomic E-state index is 0.0631. The second kappa shape index (κ2) is 9.40. The molecule has 1 N–H and O–H groups in total. The second-order valence-corrected chi connectivity index (χ2v) is 10.0. The molecule has 2 aromatic rings. The zero-order valence-corrected chi connectivity index (χ0v) is 19.4. The molecule has 0 spiro atoms. The number of hydrogen-bond acceptors (Lipinski definition) is 6. The van der Waals surface area contributed by atoms with Crippen molar-refractivity contribution in [2.45, 2.75) is 24.2 Å². The first-order chi connectivity index (χ1) is 15.8. The van der Waals surface area contributed by atoms with Crippen LogP contribution >= 0.6 is 0 Å². The molecule has 2 saturated heterocycles. The number of ether oxygens (including phenoxy) is 2. The quantitative estimate of drug-likeness (QED) is 0.662. The molecule has 1 unspecified atom stereocenters. The molecule has 2 aliphatic heterocycles. The molecule has 2 aromatic carbocycles. The Labute approximate surface area is 193 Å². The average molecular weight is 474 g/mol. The number of sulfonamides is 1. The van der Waals surface area contributed by atoms with Crippen LogP contribution in [0.25, 0.3) is 0 Å². The van der Waals surface area contributed by atoms with E-state index in [4.69, 9.17) is 9.47 Å². The number of nitrogens with zero attached hydrogens (tertiary/aromatic N) is 2. The monoisotopic (exact) mass is 473 g/mol. The van der Waals surface area contributed by atoms with Gasteiger partial charge in [0.2, 0.25) is 21.8 Å². The standard InChI is InChI=1S/C23H27N3O6S/c1-31-18-7-10-21(32-2)20(14-18)26-15-16(13-22(26)27)23(28)24-17-5-8-19(9-6-17)33(29,30)25-11-3-4-12-25/h5-10,14,16H,3-4,11-13,15H2,1-2H3,(H,24,28). The number of methoxy groups -OCH3 is 2. The van der Waals surface area contributed by atoms with Crippen molar-refractivity contribution >= 4 is 33.2 Å². The van der Waals surface area contributed by atoms with Crippen molar-refractivity contribution in [2.75, 3.05) is 44.1 Å². The molecule has 0 aromatic heterocycles. The van der Waals surface area contributed by atoms with Crippen LogP contribution in [0.3, 0.4) is 0 Å². The highest BCUT2D eigenvalue weighted by molar-refractivity contribution is 7.89. The summed E-state index contributed by atoms with van der Waals surface area (Å²) in [5.41, 5.74) is 1.03. The molecule has 176 valence electrons. The van der Waals surface area contributed by atoms with Gasteiger partial charge in [-0.1, -0.05) is 0 Å². The number of hydrogen-bond donors (Lipinski definition) is 1. The summed E-state index contributed by atoms with van der Waals surface area (Å²) in [7, 11) is -0.456. The van der Waals surface area contributed by atoms with Gasteiger partial charge >= 0.3 is 0 Å². The number of anilines is 2. The molecule has 4 rings (SSSR count). The molecule has 2 amide bonds. The predicted molar refractivity (Wildman–Crippen MR) is 123 cm³/mol. The molecule has 2 heterocycles. The van der Waals surface area contributed by atoms with Crippen molar-refractivity contribution in [2.24, 2.45) is 5.92 Å². The fourth-order valence-corrected chi connectivity index (χ4v) is 5.67. The number of rotatable bonds is 7. The van der Waals surface area contributed by atoms with Gasteiger partial charge < -0.3 is 19.7 Å². The third-order valence-corrected chi connectivity index (χ3v) is 7.91. The van der Waals surface area contributed by atoms with E-state index >= 15 is 0 Å². The van der Waals surface area contributed by atoms with Gasteiger partial charge in [-0.2, -0.15) is 4.31 Å². The zero-order chi connectivity index (χ0) is 23.6. The molecule has 2 aliphatic rings. The van der Waals surface area contributed by atoms with Gasteiger partial charge in [0.25, 0.3) is 0 Å². The fraction of sp³-hybridized carbons (Fsp3) is 0.391. The Hall–Kier alpha value is -3.11. The van der Waals surface area contributed by atoms with Crippen molar-refractivity contribution in [3.63, 3.8) is 0 Å². The highest BCUT2D eigenvalue weighted by Gasteiger charge is 2.36. The summed E-state index contributed by atoms with van der Waals surface area (Å²) >= 11 is 0. The Bertz CT molecular complexity index is 1140. The third kappa shape index (κ3) is 4.67. The normalized spacial score (nSPS) is 19.0. The van der Waals surface area contributed by atoms with E-state index in [1.807, 2.05) is 0 Å². The van der Waals surface area contributed by atoms with E-state index in [9.17, 15) is 18.0 Å². The largest absolute Gasteiger partial charge is 0.497 e. The highest BCUT2D eigenvalue weighted by atomic mass is 32.2. The van der Waals surface area contributed by atoms with Crippen LogP contribution in [0.1, 0.15) is 19.3 Å². The minimum Gasteiger partial charge on any atom is -0.497 e. The van der Waals surface area contributed by atoms with Gasteiger partial charge in [0, 0.05) is 37.8 Å². The molecule has 1 atom stereocenters. The van der Waals surface area contributed by atoms with Crippen LogP contribution in [0.5, 0.6) is 11.5 Å². The lowest BCUT2D eigenvalue weighted by molar-refractivity contribution is -0.122. The van der Waals surface area contributed by atoms with E-state index in [0.717, 1.165) is 12.8 Å². The zero-order valence-electron chi connectivity index (χ0n) is 18.6. The number of benzene rings is 2. The van der Waals surface area contributed by atoms with E-state index < -0.39 is 15.9 Å². The van der Waals surface area contributed by atoms with Crippen molar-refractivity contribution < 1.29 is 27.5 Å². The Balaban J connectivity index is 1.44. The lowest BCUT2D eigenvalue weighted by atomic mass is 10.1.